The Morgan fingerprint density at radius 2 is 2.16 bits per heavy atom. The van der Waals surface area contributed by atoms with Crippen LogP contribution in [0.25, 0.3) is 0 Å². The molecule has 0 aliphatic carbocycles. The number of benzene rings is 1. The second kappa shape index (κ2) is 6.42. The molecule has 1 N–H and O–H groups in total. The summed E-state index contributed by atoms with van der Waals surface area (Å²) in [7, 11) is 0. The summed E-state index contributed by atoms with van der Waals surface area (Å²) in [6, 6.07) is 9.96. The van der Waals surface area contributed by atoms with Crippen molar-refractivity contribution >= 4 is 28.6 Å². The lowest BCUT2D eigenvalue weighted by molar-refractivity contribution is 0.199. The van der Waals surface area contributed by atoms with E-state index in [9.17, 15) is 5.11 Å². The lowest BCUT2D eigenvalue weighted by Crippen LogP contribution is -2.21. The first-order valence-corrected chi connectivity index (χ1v) is 7.62. The summed E-state index contributed by atoms with van der Waals surface area (Å²) in [6.07, 6.45) is -0.487. The smallest absolute Gasteiger partial charge is 0.0762 e. The Hall–Kier alpha value is -1.03. The third kappa shape index (κ3) is 3.50. The molecular weight excluding hydrogens is 278 g/mol. The zero-order valence-corrected chi connectivity index (χ0v) is 12.7. The van der Waals surface area contributed by atoms with Crippen LogP contribution in [-0.2, 0) is 6.54 Å². The van der Waals surface area contributed by atoms with E-state index in [1.54, 1.807) is 18.3 Å². The summed E-state index contributed by atoms with van der Waals surface area (Å²) in [5, 5.41) is 12.3. The third-order valence-electron chi connectivity index (χ3n) is 3.10. The molecule has 19 heavy (non-hydrogen) atoms. The Morgan fingerprint density at radius 3 is 2.68 bits per heavy atom. The highest BCUT2D eigenvalue weighted by Crippen LogP contribution is 2.30. The van der Waals surface area contributed by atoms with Crippen LogP contribution in [0.1, 0.15) is 30.4 Å². The predicted octanol–water partition coefficient (Wildman–Crippen LogP) is 4.48. The molecule has 0 aliphatic rings. The van der Waals surface area contributed by atoms with Gasteiger partial charge in [0.05, 0.1) is 23.4 Å². The van der Waals surface area contributed by atoms with Gasteiger partial charge in [-0.25, -0.2) is 0 Å². The Labute approximate surface area is 123 Å². The molecule has 1 aromatic carbocycles. The molecule has 2 nitrogen and oxygen atoms in total. The maximum absolute atomic E-state index is 9.57. The molecule has 2 rings (SSSR count). The zero-order chi connectivity index (χ0) is 13.8. The van der Waals surface area contributed by atoms with Crippen LogP contribution in [0, 0.1) is 0 Å². The Morgan fingerprint density at radius 1 is 1.37 bits per heavy atom. The van der Waals surface area contributed by atoms with Gasteiger partial charge in [0, 0.05) is 11.4 Å². The summed E-state index contributed by atoms with van der Waals surface area (Å²) in [5.74, 6) is 0. The molecule has 102 valence electrons. The van der Waals surface area contributed by atoms with E-state index in [-0.39, 0.29) is 0 Å². The maximum atomic E-state index is 9.57. The van der Waals surface area contributed by atoms with Crippen LogP contribution < -0.4 is 4.90 Å². The first kappa shape index (κ1) is 14.4. The number of aliphatic hydroxyl groups is 1. The van der Waals surface area contributed by atoms with Gasteiger partial charge in [0.15, 0.2) is 0 Å². The van der Waals surface area contributed by atoms with Gasteiger partial charge < -0.3 is 10.0 Å². The van der Waals surface area contributed by atoms with Gasteiger partial charge in [0.25, 0.3) is 0 Å². The molecule has 0 bridgehead atoms. The second-order valence-corrected chi connectivity index (χ2v) is 5.92. The minimum atomic E-state index is -0.487. The van der Waals surface area contributed by atoms with Crippen molar-refractivity contribution in [1.82, 2.24) is 0 Å². The molecule has 0 fully saturated rings. The summed E-state index contributed by atoms with van der Waals surface area (Å²) in [4.78, 5) is 3.55. The molecular formula is C15H18ClNOS. The highest BCUT2D eigenvalue weighted by atomic mass is 35.5. The minimum absolute atomic E-state index is 0.487. The van der Waals surface area contributed by atoms with Crippen molar-refractivity contribution in [1.29, 1.82) is 0 Å². The van der Waals surface area contributed by atoms with Gasteiger partial charge in [-0.1, -0.05) is 23.7 Å². The van der Waals surface area contributed by atoms with E-state index in [1.807, 2.05) is 18.2 Å². The lowest BCUT2D eigenvalue weighted by Gasteiger charge is -2.24. The summed E-state index contributed by atoms with van der Waals surface area (Å²) >= 11 is 8.09. The number of nitrogens with zero attached hydrogens (tertiary/aromatic N) is 1. The molecule has 0 radical (unpaired) electrons. The predicted molar refractivity (Wildman–Crippen MR) is 83.1 cm³/mol. The largest absolute Gasteiger partial charge is 0.389 e. The monoisotopic (exact) mass is 295 g/mol. The van der Waals surface area contributed by atoms with Gasteiger partial charge in [-0.05, 0) is 43.0 Å². The number of aliphatic hydroxyl groups excluding tert-OH is 1. The van der Waals surface area contributed by atoms with Gasteiger partial charge in [0.2, 0.25) is 0 Å². The van der Waals surface area contributed by atoms with Crippen molar-refractivity contribution in [2.45, 2.75) is 26.5 Å². The third-order valence-corrected chi connectivity index (χ3v) is 4.27. The molecule has 1 aromatic heterocycles. The van der Waals surface area contributed by atoms with E-state index in [0.717, 1.165) is 24.3 Å². The van der Waals surface area contributed by atoms with E-state index in [4.69, 9.17) is 11.6 Å². The number of anilines is 1. The average Bonchev–Trinajstić information content (AvgIpc) is 2.89. The molecule has 0 aliphatic heterocycles. The van der Waals surface area contributed by atoms with Crippen LogP contribution in [0.3, 0.4) is 0 Å². The van der Waals surface area contributed by atoms with Crippen molar-refractivity contribution in [2.75, 3.05) is 11.4 Å². The van der Waals surface area contributed by atoms with Crippen molar-refractivity contribution in [3.8, 4) is 0 Å². The fourth-order valence-electron chi connectivity index (χ4n) is 2.00. The van der Waals surface area contributed by atoms with Gasteiger partial charge in [-0.3, -0.25) is 0 Å². The van der Waals surface area contributed by atoms with Crippen LogP contribution >= 0.6 is 22.9 Å². The van der Waals surface area contributed by atoms with Crippen molar-refractivity contribution in [3.05, 3.63) is 51.2 Å². The van der Waals surface area contributed by atoms with E-state index in [0.29, 0.717) is 5.02 Å². The first-order chi connectivity index (χ1) is 9.11. The Bertz CT molecular complexity index is 525. The van der Waals surface area contributed by atoms with Crippen LogP contribution in [-0.4, -0.2) is 11.7 Å². The highest BCUT2D eigenvalue weighted by molar-refractivity contribution is 7.09. The molecule has 0 amide bonds. The fraction of sp³-hybridized carbons (Fsp3) is 0.333. The van der Waals surface area contributed by atoms with Crippen LogP contribution in [0.2, 0.25) is 5.02 Å². The van der Waals surface area contributed by atoms with Crippen LogP contribution in [0.15, 0.2) is 35.7 Å². The number of thiophene rings is 1. The molecule has 4 heteroatoms. The standard InChI is InChI=1S/C15H18ClNOS/c1-3-17(10-13-5-4-8-19-13)15-7-6-12(11(2)18)9-14(15)16/h4-9,11,18H,3,10H2,1-2H3/t11-/m0/s1. The normalized spacial score (nSPS) is 12.4. The number of hydrogen-bond acceptors (Lipinski definition) is 3. The number of rotatable bonds is 5. The first-order valence-electron chi connectivity index (χ1n) is 6.36. The molecule has 1 atom stereocenters. The Kier molecular flexibility index (Phi) is 4.86. The van der Waals surface area contributed by atoms with Crippen molar-refractivity contribution < 1.29 is 5.11 Å². The lowest BCUT2D eigenvalue weighted by atomic mass is 10.1. The quantitative estimate of drug-likeness (QED) is 0.879. The minimum Gasteiger partial charge on any atom is -0.389 e. The van der Waals surface area contributed by atoms with Crippen molar-refractivity contribution in [2.24, 2.45) is 0 Å². The Balaban J connectivity index is 2.23. The van der Waals surface area contributed by atoms with Gasteiger partial charge in [-0.15, -0.1) is 11.3 Å². The molecule has 2 aromatic rings. The highest BCUT2D eigenvalue weighted by Gasteiger charge is 2.12. The van der Waals surface area contributed by atoms with E-state index >= 15 is 0 Å². The van der Waals surface area contributed by atoms with Gasteiger partial charge >= 0.3 is 0 Å². The van der Waals surface area contributed by atoms with Crippen LogP contribution in [0.5, 0.6) is 0 Å². The van der Waals surface area contributed by atoms with Gasteiger partial charge in [0.1, 0.15) is 0 Å². The molecule has 0 saturated heterocycles. The summed E-state index contributed by atoms with van der Waals surface area (Å²) in [5.41, 5.74) is 1.86. The second-order valence-electron chi connectivity index (χ2n) is 4.48. The van der Waals surface area contributed by atoms with E-state index in [1.165, 1.54) is 4.88 Å². The zero-order valence-electron chi connectivity index (χ0n) is 11.1. The SMILES string of the molecule is CCN(Cc1cccs1)c1ccc([C@H](C)O)cc1Cl. The van der Waals surface area contributed by atoms with Gasteiger partial charge in [-0.2, -0.15) is 0 Å². The molecule has 1 heterocycles. The van der Waals surface area contributed by atoms with Crippen molar-refractivity contribution in [3.63, 3.8) is 0 Å². The molecule has 0 spiro atoms. The number of hydrogen-bond donors (Lipinski definition) is 1. The van der Waals surface area contributed by atoms with E-state index < -0.39 is 6.10 Å². The molecule has 0 unspecified atom stereocenters. The topological polar surface area (TPSA) is 23.5 Å². The maximum Gasteiger partial charge on any atom is 0.0762 e. The molecule has 0 saturated carbocycles. The summed E-state index contributed by atoms with van der Waals surface area (Å²) in [6.45, 7) is 5.62. The fourth-order valence-corrected chi connectivity index (χ4v) is 3.03. The number of halogens is 1. The average molecular weight is 296 g/mol. The van der Waals surface area contributed by atoms with E-state index in [2.05, 4.69) is 29.3 Å². The summed E-state index contributed by atoms with van der Waals surface area (Å²) < 4.78 is 0. The van der Waals surface area contributed by atoms with Crippen LogP contribution in [0.4, 0.5) is 5.69 Å².